The summed E-state index contributed by atoms with van der Waals surface area (Å²) in [6.45, 7) is 1.34. The number of hydrogen-bond acceptors (Lipinski definition) is 6. The van der Waals surface area contributed by atoms with Crippen molar-refractivity contribution >= 4 is 45.8 Å². The number of anilines is 1. The number of carbonyl (C=O) groups is 3. The number of fused-ring (bicyclic) bond motifs is 2. The van der Waals surface area contributed by atoms with Crippen molar-refractivity contribution in [2.75, 3.05) is 25.2 Å². The molecule has 54 heavy (non-hydrogen) atoms. The molecule has 1 aliphatic carbocycles. The highest BCUT2D eigenvalue weighted by Gasteiger charge is 2.37. The standard InChI is InChI=1S/C42H42N8O4/c1-54-41(52)47-50(31-7-3-2-4-8-31)42(53)49-22-6-10-37(49)40-44-33-20-18-30(25-35(33)46-40)28-15-13-27(14-16-28)29-17-19-32-34(24-29)45-39(43-32)36-9-5-21-48(36)38(51)23-26-11-12-26/h2-4,7-8,13-20,24-26,36-37H,5-6,9-12,21-23H2,1H3,(H,43,45)(H,44,46)(H,47,52)/t36-,37-/m0/s1. The van der Waals surface area contributed by atoms with Crippen LogP contribution in [0.15, 0.2) is 91.0 Å². The molecule has 0 radical (unpaired) electrons. The number of rotatable bonds is 7. The number of hydrazine groups is 1. The SMILES string of the molecule is COC(=O)NN(C(=O)N1CCC[C@H]1c1nc2ccc(-c3ccc(-c4ccc5nc([C@@H]6CCCN6C(=O)CC6CC6)[nH]c5c4)cc3)cc2[nH]1)c1ccccc1. The Morgan fingerprint density at radius 2 is 1.26 bits per heavy atom. The monoisotopic (exact) mass is 722 g/mol. The van der Waals surface area contributed by atoms with E-state index in [-0.39, 0.29) is 24.0 Å². The number of methoxy groups -OCH3 is 1. The number of urea groups is 1. The fourth-order valence-electron chi connectivity index (χ4n) is 7.97. The Kier molecular flexibility index (Phi) is 8.72. The highest BCUT2D eigenvalue weighted by atomic mass is 16.5. The van der Waals surface area contributed by atoms with Crippen molar-refractivity contribution < 1.29 is 19.1 Å². The van der Waals surface area contributed by atoms with Gasteiger partial charge in [0, 0.05) is 19.5 Å². The second kappa shape index (κ2) is 14.0. The number of hydrogen-bond donors (Lipinski definition) is 3. The number of nitrogens with one attached hydrogen (secondary N) is 3. The molecule has 6 aromatic rings. The van der Waals surface area contributed by atoms with E-state index in [2.05, 4.69) is 70.0 Å². The third-order valence-electron chi connectivity index (χ3n) is 11.0. The third kappa shape index (κ3) is 6.52. The Morgan fingerprint density at radius 3 is 1.81 bits per heavy atom. The number of para-hydroxylation sites is 1. The van der Waals surface area contributed by atoms with Gasteiger partial charge in [0.05, 0.1) is 46.9 Å². The summed E-state index contributed by atoms with van der Waals surface area (Å²) in [6, 6.07) is 29.3. The van der Waals surface area contributed by atoms with Gasteiger partial charge in [0.15, 0.2) is 0 Å². The lowest BCUT2D eigenvalue weighted by Gasteiger charge is -2.30. The number of aromatic amines is 2. The fourth-order valence-corrected chi connectivity index (χ4v) is 7.97. The summed E-state index contributed by atoms with van der Waals surface area (Å²) in [4.78, 5) is 59.6. The molecule has 9 rings (SSSR count). The number of nitrogens with zero attached hydrogens (tertiary/aromatic N) is 5. The Balaban J connectivity index is 0.917. The minimum absolute atomic E-state index is 0.0228. The average Bonchev–Trinajstić information content (AvgIpc) is 3.65. The van der Waals surface area contributed by atoms with Gasteiger partial charge >= 0.3 is 12.1 Å². The van der Waals surface area contributed by atoms with Crippen molar-refractivity contribution in [1.29, 1.82) is 0 Å². The van der Waals surface area contributed by atoms with Crippen LogP contribution >= 0.6 is 0 Å². The van der Waals surface area contributed by atoms with Crippen LogP contribution in [0.4, 0.5) is 15.3 Å². The molecule has 2 aliphatic heterocycles. The summed E-state index contributed by atoms with van der Waals surface area (Å²) < 4.78 is 4.80. The molecule has 3 N–H and O–H groups in total. The van der Waals surface area contributed by atoms with Crippen molar-refractivity contribution in [2.45, 2.75) is 57.0 Å². The highest BCUT2D eigenvalue weighted by Crippen LogP contribution is 2.38. The topological polar surface area (TPSA) is 140 Å². The van der Waals surface area contributed by atoms with Crippen LogP contribution in [0.5, 0.6) is 0 Å². The Labute approximate surface area is 312 Å². The molecule has 3 fully saturated rings. The van der Waals surface area contributed by atoms with Crippen LogP contribution in [0.2, 0.25) is 0 Å². The van der Waals surface area contributed by atoms with Gasteiger partial charge in [-0.25, -0.2) is 25.0 Å². The predicted molar refractivity (Wildman–Crippen MR) is 206 cm³/mol. The van der Waals surface area contributed by atoms with Crippen LogP contribution in [-0.4, -0.2) is 68.0 Å². The van der Waals surface area contributed by atoms with E-state index >= 15 is 0 Å². The number of carbonyl (C=O) groups excluding carboxylic acids is 3. The largest absolute Gasteiger partial charge is 0.452 e. The van der Waals surface area contributed by atoms with Crippen LogP contribution < -0.4 is 10.4 Å². The number of benzene rings is 4. The van der Waals surface area contributed by atoms with Gasteiger partial charge in [-0.3, -0.25) is 4.79 Å². The van der Waals surface area contributed by atoms with Crippen LogP contribution in [0.1, 0.15) is 68.7 Å². The minimum atomic E-state index is -0.732. The molecule has 12 heteroatoms. The lowest BCUT2D eigenvalue weighted by Crippen LogP contribution is -2.52. The van der Waals surface area contributed by atoms with Crippen molar-refractivity contribution in [3.8, 4) is 22.3 Å². The first kappa shape index (κ1) is 33.7. The molecule has 0 unspecified atom stereocenters. The summed E-state index contributed by atoms with van der Waals surface area (Å²) in [5.41, 5.74) is 11.0. The summed E-state index contributed by atoms with van der Waals surface area (Å²) in [5.74, 6) is 2.43. The smallest absolute Gasteiger partial charge is 0.426 e. The van der Waals surface area contributed by atoms with Gasteiger partial charge in [-0.15, -0.1) is 0 Å². The molecule has 4 heterocycles. The lowest BCUT2D eigenvalue weighted by molar-refractivity contribution is -0.132. The van der Waals surface area contributed by atoms with E-state index in [1.807, 2.05) is 17.0 Å². The van der Waals surface area contributed by atoms with Gasteiger partial charge in [-0.1, -0.05) is 54.6 Å². The number of H-pyrrole nitrogens is 2. The van der Waals surface area contributed by atoms with Gasteiger partial charge < -0.3 is 24.5 Å². The second-order valence-corrected chi connectivity index (χ2v) is 14.6. The van der Waals surface area contributed by atoms with E-state index in [0.717, 1.165) is 82.4 Å². The quantitative estimate of drug-likeness (QED) is 0.142. The maximum Gasteiger partial charge on any atom is 0.426 e. The van der Waals surface area contributed by atoms with E-state index < -0.39 is 6.09 Å². The van der Waals surface area contributed by atoms with Gasteiger partial charge in [-0.2, -0.15) is 5.01 Å². The van der Waals surface area contributed by atoms with E-state index in [1.54, 1.807) is 29.2 Å². The lowest BCUT2D eigenvalue weighted by atomic mass is 10.00. The van der Waals surface area contributed by atoms with E-state index in [0.29, 0.717) is 30.4 Å². The Hall–Kier alpha value is -6.17. The molecule has 12 nitrogen and oxygen atoms in total. The summed E-state index contributed by atoms with van der Waals surface area (Å²) in [7, 11) is 1.26. The van der Waals surface area contributed by atoms with Gasteiger partial charge in [0.2, 0.25) is 5.91 Å². The van der Waals surface area contributed by atoms with Crippen LogP contribution in [0, 0.1) is 5.92 Å². The molecular formula is C42H42N8O4. The molecule has 4 amide bonds. The third-order valence-corrected chi connectivity index (χ3v) is 11.0. The van der Waals surface area contributed by atoms with Crippen molar-refractivity contribution in [2.24, 2.45) is 5.92 Å². The van der Waals surface area contributed by atoms with Crippen molar-refractivity contribution in [1.82, 2.24) is 35.2 Å². The van der Waals surface area contributed by atoms with E-state index in [1.165, 1.54) is 25.0 Å². The van der Waals surface area contributed by atoms with E-state index in [4.69, 9.17) is 14.7 Å². The molecule has 4 aromatic carbocycles. The maximum absolute atomic E-state index is 13.9. The summed E-state index contributed by atoms with van der Waals surface area (Å²) >= 11 is 0. The zero-order valence-electron chi connectivity index (χ0n) is 30.1. The van der Waals surface area contributed by atoms with Crippen molar-refractivity contribution in [3.63, 3.8) is 0 Å². The van der Waals surface area contributed by atoms with Gasteiger partial charge in [0.25, 0.3) is 0 Å². The molecule has 2 saturated heterocycles. The first-order chi connectivity index (χ1) is 26.4. The van der Waals surface area contributed by atoms with Crippen molar-refractivity contribution in [3.05, 3.63) is 103 Å². The first-order valence-electron chi connectivity index (χ1n) is 18.8. The number of imidazole rings is 2. The Morgan fingerprint density at radius 1 is 0.722 bits per heavy atom. The number of aromatic nitrogens is 4. The number of ether oxygens (including phenoxy) is 1. The van der Waals surface area contributed by atoms with Gasteiger partial charge in [-0.05, 0) is 103 Å². The van der Waals surface area contributed by atoms with Crippen LogP contribution in [0.25, 0.3) is 44.3 Å². The second-order valence-electron chi connectivity index (χ2n) is 14.6. The fraction of sp³-hybridized carbons (Fsp3) is 0.310. The van der Waals surface area contributed by atoms with Crippen LogP contribution in [-0.2, 0) is 9.53 Å². The minimum Gasteiger partial charge on any atom is -0.452 e. The number of amides is 4. The number of likely N-dealkylation sites (tertiary alicyclic amines) is 2. The predicted octanol–water partition coefficient (Wildman–Crippen LogP) is 8.27. The molecule has 2 atom stereocenters. The Bertz CT molecular complexity index is 2350. The average molecular weight is 723 g/mol. The molecule has 2 aromatic heterocycles. The zero-order chi connectivity index (χ0) is 36.8. The molecule has 274 valence electrons. The molecule has 0 spiro atoms. The summed E-state index contributed by atoms with van der Waals surface area (Å²) in [5, 5.41) is 1.22. The van der Waals surface area contributed by atoms with Crippen LogP contribution in [0.3, 0.4) is 0 Å². The van der Waals surface area contributed by atoms with E-state index in [9.17, 15) is 14.4 Å². The maximum atomic E-state index is 13.9. The summed E-state index contributed by atoms with van der Waals surface area (Å²) in [6.07, 6.45) is 5.80. The molecule has 3 aliphatic rings. The highest BCUT2D eigenvalue weighted by molar-refractivity contribution is 5.94. The molecule has 0 bridgehead atoms. The first-order valence-corrected chi connectivity index (χ1v) is 18.8. The molecular weight excluding hydrogens is 681 g/mol. The molecule has 1 saturated carbocycles. The zero-order valence-corrected chi connectivity index (χ0v) is 30.1. The van der Waals surface area contributed by atoms with Gasteiger partial charge in [0.1, 0.15) is 11.6 Å². The normalized spacial score (nSPS) is 18.4.